The number of aromatic nitrogens is 2. The second kappa shape index (κ2) is 7.72. The summed E-state index contributed by atoms with van der Waals surface area (Å²) < 4.78 is 5.43. The number of rotatable bonds is 2. The molecule has 1 unspecified atom stereocenters. The van der Waals surface area contributed by atoms with Crippen molar-refractivity contribution in [2.45, 2.75) is 56.4 Å². The monoisotopic (exact) mass is 401 g/mol. The third-order valence-corrected chi connectivity index (χ3v) is 7.31. The standard InChI is InChI=1S/C21H31N5O3/c27-18-15-4-5-21(17(15)23-20(24-18)26-11-13-29-14-12-26)6-9-25(10-7-21)19(28)16-3-1-2-8-22-16/h16,22H,1-14H2,(H,23,24,27). The molecule has 1 aliphatic carbocycles. The summed E-state index contributed by atoms with van der Waals surface area (Å²) in [5, 5.41) is 3.38. The quantitative estimate of drug-likeness (QED) is 0.752. The van der Waals surface area contributed by atoms with Gasteiger partial charge in [0.15, 0.2) is 0 Å². The average molecular weight is 402 g/mol. The van der Waals surface area contributed by atoms with E-state index in [9.17, 15) is 9.59 Å². The maximum absolute atomic E-state index is 12.9. The molecule has 2 N–H and O–H groups in total. The molecule has 0 aromatic carbocycles. The number of ether oxygens (including phenoxy) is 1. The number of carbonyl (C=O) groups excluding carboxylic acids is 1. The normalized spacial score (nSPS) is 26.6. The maximum Gasteiger partial charge on any atom is 0.255 e. The van der Waals surface area contributed by atoms with Crippen LogP contribution >= 0.6 is 0 Å². The predicted octanol–water partition coefficient (Wildman–Crippen LogP) is 0.555. The van der Waals surface area contributed by atoms with Gasteiger partial charge in [-0.25, -0.2) is 4.98 Å². The lowest BCUT2D eigenvalue weighted by Crippen LogP contribution is -2.52. The van der Waals surface area contributed by atoms with Gasteiger partial charge in [0.2, 0.25) is 11.9 Å². The van der Waals surface area contributed by atoms with Crippen molar-refractivity contribution in [3.05, 3.63) is 21.6 Å². The molecule has 29 heavy (non-hydrogen) atoms. The van der Waals surface area contributed by atoms with E-state index in [1.54, 1.807) is 0 Å². The van der Waals surface area contributed by atoms with Crippen molar-refractivity contribution in [2.75, 3.05) is 50.8 Å². The number of likely N-dealkylation sites (tertiary alicyclic amines) is 1. The van der Waals surface area contributed by atoms with Crippen LogP contribution in [0.1, 0.15) is 49.8 Å². The number of morpholine rings is 1. The second-order valence-electron chi connectivity index (χ2n) is 8.92. The van der Waals surface area contributed by atoms with Crippen LogP contribution in [0, 0.1) is 0 Å². The van der Waals surface area contributed by atoms with Gasteiger partial charge < -0.3 is 19.9 Å². The lowest BCUT2D eigenvalue weighted by molar-refractivity contribution is -0.135. The van der Waals surface area contributed by atoms with Crippen molar-refractivity contribution in [3.8, 4) is 0 Å². The minimum atomic E-state index is -0.0542. The summed E-state index contributed by atoms with van der Waals surface area (Å²) in [5.41, 5.74) is 1.81. The van der Waals surface area contributed by atoms with Gasteiger partial charge in [0, 0.05) is 37.2 Å². The summed E-state index contributed by atoms with van der Waals surface area (Å²) in [6, 6.07) is -0.0115. The first kappa shape index (κ1) is 19.1. The largest absolute Gasteiger partial charge is 0.378 e. The van der Waals surface area contributed by atoms with Crippen LogP contribution in [0.5, 0.6) is 0 Å². The van der Waals surface area contributed by atoms with E-state index in [1.165, 1.54) is 0 Å². The number of carbonyl (C=O) groups is 1. The molecule has 0 radical (unpaired) electrons. The molecule has 0 bridgehead atoms. The molecule has 158 valence electrons. The van der Waals surface area contributed by atoms with Gasteiger partial charge in [0.05, 0.1) is 24.9 Å². The van der Waals surface area contributed by atoms with Crippen molar-refractivity contribution >= 4 is 11.9 Å². The van der Waals surface area contributed by atoms with Crippen molar-refractivity contribution < 1.29 is 9.53 Å². The van der Waals surface area contributed by atoms with E-state index < -0.39 is 0 Å². The number of hydrogen-bond donors (Lipinski definition) is 2. The summed E-state index contributed by atoms with van der Waals surface area (Å²) >= 11 is 0. The van der Waals surface area contributed by atoms with E-state index in [4.69, 9.17) is 9.72 Å². The molecular weight excluding hydrogens is 370 g/mol. The van der Waals surface area contributed by atoms with E-state index >= 15 is 0 Å². The number of nitrogens with zero attached hydrogens (tertiary/aromatic N) is 3. The number of H-pyrrole nitrogens is 1. The molecule has 1 aromatic rings. The fraction of sp³-hybridized carbons (Fsp3) is 0.762. The first-order valence-electron chi connectivity index (χ1n) is 11.1. The van der Waals surface area contributed by atoms with Crippen molar-refractivity contribution in [1.29, 1.82) is 0 Å². The number of nitrogens with one attached hydrogen (secondary N) is 2. The van der Waals surface area contributed by atoms with Gasteiger partial charge in [-0.2, -0.15) is 0 Å². The molecule has 3 saturated heterocycles. The third-order valence-electron chi connectivity index (χ3n) is 7.31. The molecule has 1 spiro atoms. The number of anilines is 1. The number of aromatic amines is 1. The Bertz CT molecular complexity index is 818. The zero-order chi connectivity index (χ0) is 19.8. The Morgan fingerprint density at radius 1 is 1.10 bits per heavy atom. The summed E-state index contributed by atoms with van der Waals surface area (Å²) in [6.07, 6.45) is 6.80. The van der Waals surface area contributed by atoms with Crippen LogP contribution in [0.4, 0.5) is 5.95 Å². The van der Waals surface area contributed by atoms with Crippen LogP contribution in [-0.4, -0.2) is 72.8 Å². The van der Waals surface area contributed by atoms with Crippen molar-refractivity contribution in [1.82, 2.24) is 20.2 Å². The summed E-state index contributed by atoms with van der Waals surface area (Å²) in [7, 11) is 0. The fourth-order valence-corrected chi connectivity index (χ4v) is 5.49. The number of hydrogen-bond acceptors (Lipinski definition) is 6. The van der Waals surface area contributed by atoms with E-state index in [-0.39, 0.29) is 22.9 Å². The Morgan fingerprint density at radius 3 is 2.62 bits per heavy atom. The van der Waals surface area contributed by atoms with Crippen LogP contribution in [0.2, 0.25) is 0 Å². The average Bonchev–Trinajstić information content (AvgIpc) is 3.13. The van der Waals surface area contributed by atoms with Crippen LogP contribution in [0.25, 0.3) is 0 Å². The van der Waals surface area contributed by atoms with Gasteiger partial charge in [-0.05, 0) is 45.1 Å². The molecular formula is C21H31N5O3. The van der Waals surface area contributed by atoms with Gasteiger partial charge in [0.25, 0.3) is 5.56 Å². The first-order valence-corrected chi connectivity index (χ1v) is 11.1. The molecule has 4 heterocycles. The summed E-state index contributed by atoms with van der Waals surface area (Å²) in [5.74, 6) is 0.939. The van der Waals surface area contributed by atoms with Crippen LogP contribution in [-0.2, 0) is 21.4 Å². The predicted molar refractivity (Wildman–Crippen MR) is 109 cm³/mol. The molecule has 3 aliphatic heterocycles. The van der Waals surface area contributed by atoms with E-state index in [0.29, 0.717) is 19.2 Å². The second-order valence-corrected chi connectivity index (χ2v) is 8.92. The molecule has 1 amide bonds. The molecule has 8 heteroatoms. The van der Waals surface area contributed by atoms with Gasteiger partial charge in [-0.3, -0.25) is 14.6 Å². The zero-order valence-electron chi connectivity index (χ0n) is 17.0. The molecule has 3 fully saturated rings. The van der Waals surface area contributed by atoms with Crippen LogP contribution in [0.15, 0.2) is 4.79 Å². The minimum absolute atomic E-state index is 0.0115. The SMILES string of the molecule is O=C(C1CCCCN1)N1CCC2(CCc3c2nc(N2CCOCC2)[nH]c3=O)CC1. The molecule has 4 aliphatic rings. The smallest absolute Gasteiger partial charge is 0.255 e. The highest BCUT2D eigenvalue weighted by molar-refractivity contribution is 5.82. The van der Waals surface area contributed by atoms with Gasteiger partial charge in [-0.1, -0.05) is 6.42 Å². The van der Waals surface area contributed by atoms with Crippen molar-refractivity contribution in [3.63, 3.8) is 0 Å². The topological polar surface area (TPSA) is 90.6 Å². The molecule has 5 rings (SSSR count). The Morgan fingerprint density at radius 2 is 1.90 bits per heavy atom. The highest BCUT2D eigenvalue weighted by atomic mass is 16.5. The van der Waals surface area contributed by atoms with Gasteiger partial charge >= 0.3 is 0 Å². The first-order chi connectivity index (χ1) is 14.2. The third kappa shape index (κ3) is 3.46. The highest BCUT2D eigenvalue weighted by Crippen LogP contribution is 2.44. The maximum atomic E-state index is 12.9. The van der Waals surface area contributed by atoms with Crippen LogP contribution in [0.3, 0.4) is 0 Å². The van der Waals surface area contributed by atoms with Crippen molar-refractivity contribution in [2.24, 2.45) is 0 Å². The zero-order valence-corrected chi connectivity index (χ0v) is 17.0. The summed E-state index contributed by atoms with van der Waals surface area (Å²) in [6.45, 7) is 5.31. The Balaban J connectivity index is 1.34. The molecule has 0 saturated carbocycles. The van der Waals surface area contributed by atoms with E-state index in [0.717, 1.165) is 88.9 Å². The van der Waals surface area contributed by atoms with Crippen LogP contribution < -0.4 is 15.8 Å². The minimum Gasteiger partial charge on any atom is -0.378 e. The summed E-state index contributed by atoms with van der Waals surface area (Å²) in [4.78, 5) is 37.8. The van der Waals surface area contributed by atoms with E-state index in [1.807, 2.05) is 4.90 Å². The number of fused-ring (bicyclic) bond motifs is 2. The Labute approximate surface area is 171 Å². The fourth-order valence-electron chi connectivity index (χ4n) is 5.49. The lowest BCUT2D eigenvalue weighted by atomic mass is 9.76. The Hall–Kier alpha value is -1.93. The lowest BCUT2D eigenvalue weighted by Gasteiger charge is -2.41. The molecule has 1 aromatic heterocycles. The van der Waals surface area contributed by atoms with Gasteiger partial charge in [-0.15, -0.1) is 0 Å². The highest BCUT2D eigenvalue weighted by Gasteiger charge is 2.45. The molecule has 8 nitrogen and oxygen atoms in total. The molecule has 1 atom stereocenters. The Kier molecular flexibility index (Phi) is 5.07. The number of amides is 1. The van der Waals surface area contributed by atoms with E-state index in [2.05, 4.69) is 15.2 Å². The van der Waals surface area contributed by atoms with Gasteiger partial charge in [0.1, 0.15) is 0 Å². The number of piperidine rings is 2.